The summed E-state index contributed by atoms with van der Waals surface area (Å²) in [6.45, 7) is 2.02. The molecule has 1 N–H and O–H groups in total. The van der Waals surface area contributed by atoms with Crippen molar-refractivity contribution >= 4 is 17.9 Å². The Labute approximate surface area is 118 Å². The van der Waals surface area contributed by atoms with Crippen LogP contribution in [0.15, 0.2) is 0 Å². The summed E-state index contributed by atoms with van der Waals surface area (Å²) in [4.78, 5) is 33.6. The highest BCUT2D eigenvalue weighted by atomic mass is 16.6. The van der Waals surface area contributed by atoms with E-state index in [-0.39, 0.29) is 37.0 Å². The molecule has 6 nitrogen and oxygen atoms in total. The highest BCUT2D eigenvalue weighted by Gasteiger charge is 2.30. The summed E-state index contributed by atoms with van der Waals surface area (Å²) in [5, 5.41) is 8.87. The molecule has 0 atom stereocenters. The average molecular weight is 286 g/mol. The van der Waals surface area contributed by atoms with Gasteiger partial charge in [-0.25, -0.2) is 0 Å². The maximum absolute atomic E-state index is 11.7. The fraction of sp³-hybridized carbons (Fsp3) is 0.786. The van der Waals surface area contributed by atoms with E-state index in [1.165, 1.54) is 0 Å². The molecule has 114 valence electrons. The Bertz CT molecular complexity index is 344. The molecule has 0 heterocycles. The minimum Gasteiger partial charge on any atom is -0.481 e. The number of carboxylic acid groups (broad SMARTS) is 1. The van der Waals surface area contributed by atoms with Gasteiger partial charge in [0, 0.05) is 6.42 Å². The normalized spacial score (nSPS) is 22.1. The van der Waals surface area contributed by atoms with Crippen molar-refractivity contribution in [1.29, 1.82) is 0 Å². The van der Waals surface area contributed by atoms with Crippen LogP contribution >= 0.6 is 0 Å². The lowest BCUT2D eigenvalue weighted by molar-refractivity contribution is -0.157. The van der Waals surface area contributed by atoms with Crippen molar-refractivity contribution in [3.05, 3.63) is 0 Å². The largest absolute Gasteiger partial charge is 0.481 e. The van der Waals surface area contributed by atoms with Crippen molar-refractivity contribution in [2.75, 3.05) is 13.2 Å². The van der Waals surface area contributed by atoms with Crippen molar-refractivity contribution in [2.24, 2.45) is 11.8 Å². The van der Waals surface area contributed by atoms with E-state index in [0.717, 1.165) is 6.42 Å². The third-order valence-corrected chi connectivity index (χ3v) is 3.45. The molecule has 1 rings (SSSR count). The number of esters is 2. The zero-order valence-electron chi connectivity index (χ0n) is 11.8. The Hall–Kier alpha value is -1.59. The molecule has 1 saturated carbocycles. The second-order valence-corrected chi connectivity index (χ2v) is 5.02. The van der Waals surface area contributed by atoms with Crippen LogP contribution in [0.1, 0.15) is 45.4 Å². The first-order chi connectivity index (χ1) is 9.54. The van der Waals surface area contributed by atoms with Gasteiger partial charge in [-0.3, -0.25) is 14.4 Å². The van der Waals surface area contributed by atoms with Crippen molar-refractivity contribution in [2.45, 2.75) is 45.4 Å². The molecule has 0 saturated heterocycles. The predicted octanol–water partition coefficient (Wildman–Crippen LogP) is 1.76. The van der Waals surface area contributed by atoms with Crippen LogP contribution in [0.5, 0.6) is 0 Å². The molecule has 0 aliphatic heterocycles. The summed E-state index contributed by atoms with van der Waals surface area (Å²) in [7, 11) is 0. The zero-order chi connectivity index (χ0) is 15.0. The highest BCUT2D eigenvalue weighted by molar-refractivity contribution is 5.74. The Morgan fingerprint density at radius 1 is 1.00 bits per heavy atom. The number of hydrogen-bond donors (Lipinski definition) is 1. The van der Waals surface area contributed by atoms with Gasteiger partial charge in [0.15, 0.2) is 0 Å². The van der Waals surface area contributed by atoms with E-state index >= 15 is 0 Å². The molecular formula is C14H22O6. The minimum atomic E-state index is -0.792. The molecule has 0 amide bonds. The van der Waals surface area contributed by atoms with Gasteiger partial charge in [0.25, 0.3) is 0 Å². The van der Waals surface area contributed by atoms with Gasteiger partial charge in [-0.15, -0.1) is 0 Å². The zero-order valence-corrected chi connectivity index (χ0v) is 11.8. The summed E-state index contributed by atoms with van der Waals surface area (Å²) in [5.74, 6) is -1.96. The lowest BCUT2D eigenvalue weighted by Gasteiger charge is -2.24. The average Bonchev–Trinajstić information content (AvgIpc) is 2.43. The summed E-state index contributed by atoms with van der Waals surface area (Å²) in [6, 6.07) is 0. The molecule has 1 aliphatic carbocycles. The Morgan fingerprint density at radius 3 is 2.10 bits per heavy atom. The topological polar surface area (TPSA) is 89.9 Å². The lowest BCUT2D eigenvalue weighted by atomic mass is 9.82. The van der Waals surface area contributed by atoms with Gasteiger partial charge in [0.2, 0.25) is 0 Å². The molecule has 0 radical (unpaired) electrons. The summed E-state index contributed by atoms with van der Waals surface area (Å²) in [5.41, 5.74) is 0. The predicted molar refractivity (Wildman–Crippen MR) is 69.9 cm³/mol. The lowest BCUT2D eigenvalue weighted by Crippen LogP contribution is -2.27. The third-order valence-electron chi connectivity index (χ3n) is 3.45. The van der Waals surface area contributed by atoms with Crippen molar-refractivity contribution < 1.29 is 29.0 Å². The molecule has 20 heavy (non-hydrogen) atoms. The smallest absolute Gasteiger partial charge is 0.309 e. The molecule has 1 aliphatic rings. The molecule has 0 bridgehead atoms. The standard InChI is InChI=1S/C14H22O6/c1-2-3-12(15)19-8-9-20-14(18)11-6-4-10(5-7-11)13(16)17/h10-11H,2-9H2,1H3,(H,16,17). The molecule has 0 spiro atoms. The fourth-order valence-electron chi connectivity index (χ4n) is 2.27. The van der Waals surface area contributed by atoms with Crippen LogP contribution in [-0.4, -0.2) is 36.2 Å². The number of aliphatic carboxylic acids is 1. The summed E-state index contributed by atoms with van der Waals surface area (Å²) < 4.78 is 9.92. The van der Waals surface area contributed by atoms with E-state index in [1.807, 2.05) is 6.92 Å². The Morgan fingerprint density at radius 2 is 1.55 bits per heavy atom. The number of hydrogen-bond acceptors (Lipinski definition) is 5. The van der Waals surface area contributed by atoms with Crippen LogP contribution in [0, 0.1) is 11.8 Å². The second kappa shape index (κ2) is 8.55. The third kappa shape index (κ3) is 5.59. The number of carbonyl (C=O) groups is 3. The summed E-state index contributed by atoms with van der Waals surface area (Å²) in [6.07, 6.45) is 3.22. The second-order valence-electron chi connectivity index (χ2n) is 5.02. The molecular weight excluding hydrogens is 264 g/mol. The van der Waals surface area contributed by atoms with Crippen LogP contribution in [-0.2, 0) is 23.9 Å². The van der Waals surface area contributed by atoms with E-state index in [1.54, 1.807) is 0 Å². The molecule has 0 aromatic carbocycles. The fourth-order valence-corrected chi connectivity index (χ4v) is 2.27. The van der Waals surface area contributed by atoms with Gasteiger partial charge in [0.1, 0.15) is 13.2 Å². The summed E-state index contributed by atoms with van der Waals surface area (Å²) >= 11 is 0. The maximum Gasteiger partial charge on any atom is 0.309 e. The number of ether oxygens (including phenoxy) is 2. The van der Waals surface area contributed by atoms with Crippen LogP contribution in [0.25, 0.3) is 0 Å². The van der Waals surface area contributed by atoms with Crippen LogP contribution in [0.4, 0.5) is 0 Å². The first-order valence-corrected chi connectivity index (χ1v) is 7.09. The molecule has 6 heteroatoms. The van der Waals surface area contributed by atoms with Crippen molar-refractivity contribution in [3.8, 4) is 0 Å². The van der Waals surface area contributed by atoms with Crippen LogP contribution in [0.3, 0.4) is 0 Å². The number of carbonyl (C=O) groups excluding carboxylic acids is 2. The molecule has 0 aromatic rings. The maximum atomic E-state index is 11.7. The van der Waals surface area contributed by atoms with Gasteiger partial charge >= 0.3 is 17.9 Å². The minimum absolute atomic E-state index is 0.0626. The van der Waals surface area contributed by atoms with Gasteiger partial charge < -0.3 is 14.6 Å². The van der Waals surface area contributed by atoms with E-state index in [2.05, 4.69) is 0 Å². The van der Waals surface area contributed by atoms with Crippen LogP contribution < -0.4 is 0 Å². The van der Waals surface area contributed by atoms with Crippen molar-refractivity contribution in [1.82, 2.24) is 0 Å². The Balaban J connectivity index is 2.15. The first kappa shape index (κ1) is 16.5. The molecule has 1 fully saturated rings. The van der Waals surface area contributed by atoms with Crippen LogP contribution in [0.2, 0.25) is 0 Å². The van der Waals surface area contributed by atoms with Gasteiger partial charge in [-0.2, -0.15) is 0 Å². The number of rotatable bonds is 7. The van der Waals surface area contributed by atoms with E-state index < -0.39 is 5.97 Å². The Kier molecular flexibility index (Phi) is 7.04. The number of carboxylic acids is 1. The highest BCUT2D eigenvalue weighted by Crippen LogP contribution is 2.29. The van der Waals surface area contributed by atoms with E-state index in [4.69, 9.17) is 14.6 Å². The first-order valence-electron chi connectivity index (χ1n) is 7.09. The monoisotopic (exact) mass is 286 g/mol. The van der Waals surface area contributed by atoms with Gasteiger partial charge in [-0.1, -0.05) is 6.92 Å². The van der Waals surface area contributed by atoms with Gasteiger partial charge in [0.05, 0.1) is 11.8 Å². The quantitative estimate of drug-likeness (QED) is 0.566. The van der Waals surface area contributed by atoms with Gasteiger partial charge in [-0.05, 0) is 32.1 Å². The van der Waals surface area contributed by atoms with E-state index in [9.17, 15) is 14.4 Å². The van der Waals surface area contributed by atoms with Crippen molar-refractivity contribution in [3.63, 3.8) is 0 Å². The van der Waals surface area contributed by atoms with E-state index in [0.29, 0.717) is 32.1 Å². The molecule has 0 unspecified atom stereocenters. The SMILES string of the molecule is CCCC(=O)OCCOC(=O)C1CCC(C(=O)O)CC1. The molecule has 0 aromatic heterocycles.